The molecule has 0 unspecified atom stereocenters. The van der Waals surface area contributed by atoms with Crippen molar-refractivity contribution in [1.29, 1.82) is 0 Å². The van der Waals surface area contributed by atoms with Crippen LogP contribution in [0.2, 0.25) is 0 Å². The van der Waals surface area contributed by atoms with Crippen LogP contribution in [0.4, 0.5) is 11.4 Å². The first-order chi connectivity index (χ1) is 7.24. The zero-order chi connectivity index (χ0) is 10.7. The van der Waals surface area contributed by atoms with Crippen LogP contribution >= 0.6 is 0 Å². The molecule has 0 fully saturated rings. The average Bonchev–Trinajstić information content (AvgIpc) is 2.62. The highest BCUT2D eigenvalue weighted by molar-refractivity contribution is 5.54. The fourth-order valence-corrected chi connectivity index (χ4v) is 1.34. The van der Waals surface area contributed by atoms with Crippen LogP contribution in [0.25, 0.3) is 0 Å². The van der Waals surface area contributed by atoms with Gasteiger partial charge in [-0.15, -0.1) is 0 Å². The molecule has 78 valence electrons. The van der Waals surface area contributed by atoms with Gasteiger partial charge in [-0.25, -0.2) is 0 Å². The number of aromatic nitrogens is 1. The van der Waals surface area contributed by atoms with Crippen LogP contribution in [0.15, 0.2) is 34.9 Å². The van der Waals surface area contributed by atoms with E-state index in [-0.39, 0.29) is 0 Å². The first kappa shape index (κ1) is 9.58. The molecule has 0 saturated heterocycles. The summed E-state index contributed by atoms with van der Waals surface area (Å²) in [6.45, 7) is 2.51. The van der Waals surface area contributed by atoms with Gasteiger partial charge in [-0.05, 0) is 25.1 Å². The quantitative estimate of drug-likeness (QED) is 0.750. The summed E-state index contributed by atoms with van der Waals surface area (Å²) < 4.78 is 5.07. The molecule has 3 N–H and O–H groups in total. The molecule has 1 aromatic heterocycles. The number of nitrogens with zero attached hydrogens (tertiary/aromatic N) is 1. The molecule has 4 heteroatoms. The number of anilines is 2. The molecule has 0 atom stereocenters. The molecule has 1 heterocycles. The maximum absolute atomic E-state index is 5.66. The van der Waals surface area contributed by atoms with Gasteiger partial charge >= 0.3 is 0 Å². The van der Waals surface area contributed by atoms with Crippen LogP contribution in [-0.4, -0.2) is 5.16 Å². The van der Waals surface area contributed by atoms with Crippen LogP contribution < -0.4 is 11.1 Å². The number of hydrogen-bond acceptors (Lipinski definition) is 4. The van der Waals surface area contributed by atoms with Gasteiger partial charge in [-0.3, -0.25) is 0 Å². The smallest absolute Gasteiger partial charge is 0.156 e. The molecule has 0 radical (unpaired) electrons. The van der Waals surface area contributed by atoms with Crippen molar-refractivity contribution in [3.8, 4) is 0 Å². The number of rotatable bonds is 3. The van der Waals surface area contributed by atoms with Crippen molar-refractivity contribution in [3.05, 3.63) is 41.8 Å². The predicted molar refractivity (Wildman–Crippen MR) is 59.4 cm³/mol. The fraction of sp³-hybridized carbons (Fsp3) is 0.182. The molecule has 2 aromatic rings. The molecule has 2 rings (SSSR count). The van der Waals surface area contributed by atoms with E-state index in [9.17, 15) is 0 Å². The molecule has 15 heavy (non-hydrogen) atoms. The minimum atomic E-state index is 0.615. The molecule has 0 bridgehead atoms. The van der Waals surface area contributed by atoms with Gasteiger partial charge in [-0.1, -0.05) is 11.2 Å². The Morgan fingerprint density at radius 1 is 1.40 bits per heavy atom. The summed E-state index contributed by atoms with van der Waals surface area (Å²) in [7, 11) is 0. The first-order valence-corrected chi connectivity index (χ1v) is 4.75. The van der Waals surface area contributed by atoms with E-state index in [1.807, 2.05) is 37.3 Å². The lowest BCUT2D eigenvalue weighted by molar-refractivity contribution is 0.384. The Balaban J connectivity index is 1.99. The normalized spacial score (nSPS) is 10.2. The third-order valence-corrected chi connectivity index (χ3v) is 2.03. The molecule has 0 aliphatic carbocycles. The second-order valence-corrected chi connectivity index (χ2v) is 3.41. The molecule has 0 aliphatic heterocycles. The van der Waals surface area contributed by atoms with Crippen molar-refractivity contribution in [2.75, 3.05) is 11.1 Å². The van der Waals surface area contributed by atoms with E-state index in [2.05, 4.69) is 10.5 Å². The van der Waals surface area contributed by atoms with E-state index in [4.69, 9.17) is 10.3 Å². The number of nitrogen functional groups attached to an aromatic ring is 1. The van der Waals surface area contributed by atoms with Crippen LogP contribution in [0.3, 0.4) is 0 Å². The summed E-state index contributed by atoms with van der Waals surface area (Å²) in [4.78, 5) is 0. The highest BCUT2D eigenvalue weighted by Crippen LogP contribution is 2.13. The Labute approximate surface area is 88.1 Å². The average molecular weight is 203 g/mol. The maximum atomic E-state index is 5.66. The van der Waals surface area contributed by atoms with E-state index >= 15 is 0 Å². The van der Waals surface area contributed by atoms with Crippen molar-refractivity contribution >= 4 is 11.4 Å². The second-order valence-electron chi connectivity index (χ2n) is 3.41. The zero-order valence-corrected chi connectivity index (χ0v) is 8.53. The van der Waals surface area contributed by atoms with Gasteiger partial charge in [0.2, 0.25) is 0 Å². The van der Waals surface area contributed by atoms with Crippen molar-refractivity contribution in [1.82, 2.24) is 5.16 Å². The minimum Gasteiger partial charge on any atom is -0.399 e. The molecular formula is C11H13N3O. The standard InChI is InChI=1S/C11H13N3O/c1-8-5-11(15-14-8)7-13-10-4-2-3-9(12)6-10/h2-6,13H,7,12H2,1H3. The van der Waals surface area contributed by atoms with Crippen molar-refractivity contribution in [2.24, 2.45) is 0 Å². The SMILES string of the molecule is Cc1cc(CNc2cccc(N)c2)on1. The molecule has 4 nitrogen and oxygen atoms in total. The summed E-state index contributed by atoms with van der Waals surface area (Å²) in [6.07, 6.45) is 0. The monoisotopic (exact) mass is 203 g/mol. The molecule has 0 amide bonds. The summed E-state index contributed by atoms with van der Waals surface area (Å²) in [5.74, 6) is 0.815. The van der Waals surface area contributed by atoms with Crippen molar-refractivity contribution < 1.29 is 4.52 Å². The summed E-state index contributed by atoms with van der Waals surface area (Å²) >= 11 is 0. The number of benzene rings is 1. The second kappa shape index (κ2) is 4.04. The van der Waals surface area contributed by atoms with Crippen LogP contribution in [0.5, 0.6) is 0 Å². The maximum Gasteiger partial charge on any atom is 0.156 e. The van der Waals surface area contributed by atoms with E-state index in [1.54, 1.807) is 0 Å². The largest absolute Gasteiger partial charge is 0.399 e. The minimum absolute atomic E-state index is 0.615. The third-order valence-electron chi connectivity index (χ3n) is 2.03. The lowest BCUT2D eigenvalue weighted by Gasteiger charge is -2.03. The lowest BCUT2D eigenvalue weighted by atomic mass is 10.3. The Morgan fingerprint density at radius 3 is 2.93 bits per heavy atom. The molecule has 1 aromatic carbocycles. The number of nitrogens with one attached hydrogen (secondary N) is 1. The van der Waals surface area contributed by atoms with Gasteiger partial charge in [0, 0.05) is 17.4 Å². The van der Waals surface area contributed by atoms with Crippen molar-refractivity contribution in [2.45, 2.75) is 13.5 Å². The summed E-state index contributed by atoms with van der Waals surface area (Å²) in [5.41, 5.74) is 8.26. The van der Waals surface area contributed by atoms with E-state index in [0.29, 0.717) is 6.54 Å². The fourth-order valence-electron chi connectivity index (χ4n) is 1.34. The highest BCUT2D eigenvalue weighted by Gasteiger charge is 1.99. The third kappa shape index (κ3) is 2.49. The molecule has 0 spiro atoms. The summed E-state index contributed by atoms with van der Waals surface area (Å²) in [5, 5.41) is 7.01. The molecular weight excluding hydrogens is 190 g/mol. The highest BCUT2D eigenvalue weighted by atomic mass is 16.5. The topological polar surface area (TPSA) is 64.1 Å². The first-order valence-electron chi connectivity index (χ1n) is 4.75. The molecule has 0 aliphatic rings. The van der Waals surface area contributed by atoms with Crippen LogP contribution in [-0.2, 0) is 6.54 Å². The van der Waals surface area contributed by atoms with Gasteiger partial charge in [-0.2, -0.15) is 0 Å². The molecule has 0 saturated carbocycles. The van der Waals surface area contributed by atoms with E-state index in [1.165, 1.54) is 0 Å². The van der Waals surface area contributed by atoms with Crippen molar-refractivity contribution in [3.63, 3.8) is 0 Å². The van der Waals surface area contributed by atoms with E-state index in [0.717, 1.165) is 22.8 Å². The lowest BCUT2D eigenvalue weighted by Crippen LogP contribution is -1.98. The van der Waals surface area contributed by atoms with Gasteiger partial charge in [0.25, 0.3) is 0 Å². The zero-order valence-electron chi connectivity index (χ0n) is 8.53. The Morgan fingerprint density at radius 2 is 2.27 bits per heavy atom. The summed E-state index contributed by atoms with van der Waals surface area (Å²) in [6, 6.07) is 9.50. The van der Waals surface area contributed by atoms with Gasteiger partial charge < -0.3 is 15.6 Å². The number of nitrogens with two attached hydrogens (primary N) is 1. The van der Waals surface area contributed by atoms with Gasteiger partial charge in [0.1, 0.15) is 0 Å². The van der Waals surface area contributed by atoms with Crippen LogP contribution in [0, 0.1) is 6.92 Å². The Kier molecular flexibility index (Phi) is 2.58. The van der Waals surface area contributed by atoms with Gasteiger partial charge in [0.15, 0.2) is 5.76 Å². The number of aryl methyl sites for hydroxylation is 1. The Hall–Kier alpha value is -1.97. The van der Waals surface area contributed by atoms with E-state index < -0.39 is 0 Å². The Bertz CT molecular complexity index is 451. The van der Waals surface area contributed by atoms with Crippen LogP contribution in [0.1, 0.15) is 11.5 Å². The number of hydrogen-bond donors (Lipinski definition) is 2. The predicted octanol–water partition coefficient (Wildman–Crippen LogP) is 2.18. The van der Waals surface area contributed by atoms with Gasteiger partial charge in [0.05, 0.1) is 12.2 Å².